The smallest absolute Gasteiger partial charge is 0.0733 e. The fraction of sp³-hybridized carbons (Fsp3) is 0.429. The van der Waals surface area contributed by atoms with Crippen LogP contribution in [0.5, 0.6) is 0 Å². The second kappa shape index (κ2) is 4.90. The van der Waals surface area contributed by atoms with Crippen LogP contribution in [-0.2, 0) is 7.05 Å². The van der Waals surface area contributed by atoms with Crippen molar-refractivity contribution >= 4 is 0 Å². The molecule has 0 bridgehead atoms. The Balaban J connectivity index is 1.80. The summed E-state index contributed by atoms with van der Waals surface area (Å²) < 4.78 is 1.80. The lowest BCUT2D eigenvalue weighted by atomic mass is 9.98. The minimum Gasteiger partial charge on any atom is -0.310 e. The summed E-state index contributed by atoms with van der Waals surface area (Å²) in [6.07, 6.45) is 9.64. The van der Waals surface area contributed by atoms with E-state index in [9.17, 15) is 0 Å². The van der Waals surface area contributed by atoms with E-state index in [4.69, 9.17) is 0 Å². The molecule has 1 aliphatic rings. The molecule has 0 amide bonds. The van der Waals surface area contributed by atoms with Crippen molar-refractivity contribution in [3.8, 4) is 11.3 Å². The summed E-state index contributed by atoms with van der Waals surface area (Å²) >= 11 is 0. The Kier molecular flexibility index (Phi) is 3.11. The molecule has 2 aromatic rings. The highest BCUT2D eigenvalue weighted by Gasteiger charge is 2.14. The van der Waals surface area contributed by atoms with Crippen LogP contribution in [0.1, 0.15) is 30.9 Å². The maximum Gasteiger partial charge on any atom is 0.0733 e. The zero-order chi connectivity index (χ0) is 12.4. The molecule has 3 rings (SSSR count). The maximum absolute atomic E-state index is 4.54. The Hall–Kier alpha value is -1.68. The quantitative estimate of drug-likeness (QED) is 0.878. The van der Waals surface area contributed by atoms with Crippen LogP contribution in [0.4, 0.5) is 0 Å². The molecule has 94 valence electrons. The molecular weight excluding hydrogens is 224 g/mol. The minimum absolute atomic E-state index is 0.481. The Labute approximate surface area is 107 Å². The molecule has 4 nitrogen and oxygen atoms in total. The van der Waals surface area contributed by atoms with Crippen LogP contribution < -0.4 is 5.32 Å². The van der Waals surface area contributed by atoms with E-state index in [1.54, 1.807) is 4.68 Å². The van der Waals surface area contributed by atoms with Gasteiger partial charge in [0.25, 0.3) is 0 Å². The first-order chi connectivity index (χ1) is 8.83. The molecule has 1 unspecified atom stereocenters. The molecule has 1 N–H and O–H groups in total. The predicted molar refractivity (Wildman–Crippen MR) is 71.0 cm³/mol. The van der Waals surface area contributed by atoms with Crippen molar-refractivity contribution in [3.05, 3.63) is 36.3 Å². The zero-order valence-electron chi connectivity index (χ0n) is 10.6. The summed E-state index contributed by atoms with van der Waals surface area (Å²) in [6, 6.07) is 4.75. The third-order valence-corrected chi connectivity index (χ3v) is 3.50. The number of piperidine rings is 1. The predicted octanol–water partition coefficient (Wildman–Crippen LogP) is 2.30. The lowest BCUT2D eigenvalue weighted by molar-refractivity contribution is 0.411. The van der Waals surface area contributed by atoms with Gasteiger partial charge in [-0.05, 0) is 31.0 Å². The molecule has 18 heavy (non-hydrogen) atoms. The van der Waals surface area contributed by atoms with Gasteiger partial charge >= 0.3 is 0 Å². The van der Waals surface area contributed by atoms with E-state index < -0.39 is 0 Å². The molecule has 0 spiro atoms. The number of nitrogens with zero attached hydrogens (tertiary/aromatic N) is 3. The zero-order valence-corrected chi connectivity index (χ0v) is 10.6. The van der Waals surface area contributed by atoms with E-state index in [2.05, 4.69) is 27.5 Å². The van der Waals surface area contributed by atoms with Crippen LogP contribution in [0, 0.1) is 0 Å². The molecule has 0 saturated carbocycles. The minimum atomic E-state index is 0.481. The van der Waals surface area contributed by atoms with Gasteiger partial charge in [-0.2, -0.15) is 5.10 Å². The van der Waals surface area contributed by atoms with Crippen LogP contribution in [0.2, 0.25) is 0 Å². The molecule has 1 fully saturated rings. The topological polar surface area (TPSA) is 42.7 Å². The van der Waals surface area contributed by atoms with Crippen molar-refractivity contribution in [2.75, 3.05) is 6.54 Å². The second-order valence-corrected chi connectivity index (χ2v) is 4.88. The summed E-state index contributed by atoms with van der Waals surface area (Å²) in [7, 11) is 1.92. The van der Waals surface area contributed by atoms with Gasteiger partial charge in [0.15, 0.2) is 0 Å². The third-order valence-electron chi connectivity index (χ3n) is 3.50. The fourth-order valence-electron chi connectivity index (χ4n) is 2.47. The summed E-state index contributed by atoms with van der Waals surface area (Å²) in [4.78, 5) is 4.54. The van der Waals surface area contributed by atoms with Crippen LogP contribution in [0.25, 0.3) is 11.3 Å². The van der Waals surface area contributed by atoms with Crippen molar-refractivity contribution in [3.63, 3.8) is 0 Å². The molecule has 0 aromatic carbocycles. The number of rotatable bonds is 2. The Morgan fingerprint density at radius 1 is 1.28 bits per heavy atom. The van der Waals surface area contributed by atoms with Gasteiger partial charge in [-0.25, -0.2) is 0 Å². The van der Waals surface area contributed by atoms with Gasteiger partial charge in [0, 0.05) is 31.0 Å². The highest BCUT2D eigenvalue weighted by molar-refractivity contribution is 5.56. The monoisotopic (exact) mass is 242 g/mol. The van der Waals surface area contributed by atoms with E-state index in [0.29, 0.717) is 6.04 Å². The van der Waals surface area contributed by atoms with Crippen molar-refractivity contribution in [2.24, 2.45) is 7.05 Å². The van der Waals surface area contributed by atoms with Gasteiger partial charge in [0.2, 0.25) is 0 Å². The van der Waals surface area contributed by atoms with Crippen LogP contribution >= 0.6 is 0 Å². The van der Waals surface area contributed by atoms with E-state index in [-0.39, 0.29) is 0 Å². The molecule has 0 radical (unpaired) electrons. The SMILES string of the molecule is Cn1cc(-c2ccc(C3CCCCN3)cn2)cn1. The average Bonchev–Trinajstić information content (AvgIpc) is 2.87. The summed E-state index contributed by atoms with van der Waals surface area (Å²) in [6.45, 7) is 1.12. The molecule has 0 aliphatic carbocycles. The van der Waals surface area contributed by atoms with Crippen LogP contribution in [-0.4, -0.2) is 21.3 Å². The van der Waals surface area contributed by atoms with Gasteiger partial charge in [-0.1, -0.05) is 12.5 Å². The summed E-state index contributed by atoms with van der Waals surface area (Å²) in [5.74, 6) is 0. The first-order valence-corrected chi connectivity index (χ1v) is 6.51. The molecular formula is C14H18N4. The van der Waals surface area contributed by atoms with Gasteiger partial charge in [0.1, 0.15) is 0 Å². The number of hydrogen-bond donors (Lipinski definition) is 1. The lowest BCUT2D eigenvalue weighted by Gasteiger charge is -2.23. The normalized spacial score (nSPS) is 19.9. The van der Waals surface area contributed by atoms with Crippen molar-refractivity contribution in [1.82, 2.24) is 20.1 Å². The van der Waals surface area contributed by atoms with Crippen LogP contribution in [0.15, 0.2) is 30.7 Å². The Bertz CT molecular complexity index is 509. The third kappa shape index (κ3) is 2.29. The van der Waals surface area contributed by atoms with Gasteiger partial charge < -0.3 is 5.32 Å². The highest BCUT2D eigenvalue weighted by Crippen LogP contribution is 2.24. The Morgan fingerprint density at radius 2 is 2.22 bits per heavy atom. The standard InChI is InChI=1S/C14H18N4/c1-18-10-12(9-17-18)14-6-5-11(8-16-14)13-4-2-3-7-15-13/h5-6,8-10,13,15H,2-4,7H2,1H3. The lowest BCUT2D eigenvalue weighted by Crippen LogP contribution is -2.26. The van der Waals surface area contributed by atoms with Gasteiger partial charge in [-0.3, -0.25) is 9.67 Å². The summed E-state index contributed by atoms with van der Waals surface area (Å²) in [5.41, 5.74) is 3.35. The van der Waals surface area contributed by atoms with Crippen molar-refractivity contribution in [1.29, 1.82) is 0 Å². The summed E-state index contributed by atoms with van der Waals surface area (Å²) in [5, 5.41) is 7.71. The van der Waals surface area contributed by atoms with Crippen LogP contribution in [0.3, 0.4) is 0 Å². The first-order valence-electron chi connectivity index (χ1n) is 6.51. The molecule has 1 saturated heterocycles. The van der Waals surface area contributed by atoms with Crippen molar-refractivity contribution in [2.45, 2.75) is 25.3 Å². The van der Waals surface area contributed by atoms with E-state index in [0.717, 1.165) is 17.8 Å². The number of pyridine rings is 1. The highest BCUT2D eigenvalue weighted by atomic mass is 15.2. The second-order valence-electron chi connectivity index (χ2n) is 4.88. The van der Waals surface area contributed by atoms with Gasteiger partial charge in [0.05, 0.1) is 11.9 Å². The fourth-order valence-corrected chi connectivity index (χ4v) is 2.47. The van der Waals surface area contributed by atoms with Gasteiger partial charge in [-0.15, -0.1) is 0 Å². The molecule has 1 atom stereocenters. The molecule has 2 aromatic heterocycles. The van der Waals surface area contributed by atoms with E-state index >= 15 is 0 Å². The maximum atomic E-state index is 4.54. The molecule has 1 aliphatic heterocycles. The average molecular weight is 242 g/mol. The number of aryl methyl sites for hydroxylation is 1. The van der Waals surface area contributed by atoms with E-state index in [1.807, 2.05) is 25.6 Å². The number of aromatic nitrogens is 3. The molecule has 3 heterocycles. The Morgan fingerprint density at radius 3 is 2.83 bits per heavy atom. The number of nitrogens with one attached hydrogen (secondary N) is 1. The van der Waals surface area contributed by atoms with E-state index in [1.165, 1.54) is 24.8 Å². The molecule has 4 heteroatoms. The van der Waals surface area contributed by atoms with Crippen molar-refractivity contribution < 1.29 is 0 Å². The number of hydrogen-bond acceptors (Lipinski definition) is 3. The largest absolute Gasteiger partial charge is 0.310 e. The first kappa shape index (κ1) is 11.4.